The fraction of sp³-hybridized carbons (Fsp3) is 0.471. The highest BCUT2D eigenvalue weighted by atomic mass is 16.3. The standard InChI is InChI=1S/C17H25N3O/c1-3-17(4-2,14-21)13-18-12-15-7-5-8-16(11-15)20-10-6-9-19-20/h5-11,18,21H,3-4,12-14H2,1-2H3. The molecule has 0 spiro atoms. The van der Waals surface area contributed by atoms with Crippen molar-refractivity contribution in [2.24, 2.45) is 5.41 Å². The lowest BCUT2D eigenvalue weighted by molar-refractivity contribution is 0.113. The van der Waals surface area contributed by atoms with Crippen LogP contribution in [0.5, 0.6) is 0 Å². The number of hydrogen-bond donors (Lipinski definition) is 2. The van der Waals surface area contributed by atoms with Crippen molar-refractivity contribution in [3.8, 4) is 5.69 Å². The molecule has 1 aromatic carbocycles. The van der Waals surface area contributed by atoms with Gasteiger partial charge in [-0.05, 0) is 36.6 Å². The van der Waals surface area contributed by atoms with Crippen LogP contribution in [0.3, 0.4) is 0 Å². The van der Waals surface area contributed by atoms with Gasteiger partial charge >= 0.3 is 0 Å². The molecule has 0 saturated heterocycles. The predicted octanol–water partition coefficient (Wildman–Crippen LogP) is 2.76. The van der Waals surface area contributed by atoms with Gasteiger partial charge in [-0.1, -0.05) is 26.0 Å². The Hall–Kier alpha value is -1.65. The Morgan fingerprint density at radius 2 is 2.05 bits per heavy atom. The third-order valence-electron chi connectivity index (χ3n) is 4.34. The molecule has 0 amide bonds. The summed E-state index contributed by atoms with van der Waals surface area (Å²) in [5.74, 6) is 0. The van der Waals surface area contributed by atoms with Crippen molar-refractivity contribution in [2.45, 2.75) is 33.2 Å². The topological polar surface area (TPSA) is 50.1 Å². The molecule has 0 bridgehead atoms. The van der Waals surface area contributed by atoms with Gasteiger partial charge in [0.15, 0.2) is 0 Å². The zero-order chi connectivity index (χ0) is 15.1. The second-order valence-electron chi connectivity index (χ2n) is 5.59. The van der Waals surface area contributed by atoms with Gasteiger partial charge < -0.3 is 10.4 Å². The average Bonchev–Trinajstić information content (AvgIpc) is 3.07. The van der Waals surface area contributed by atoms with Crippen LogP contribution in [0.4, 0.5) is 0 Å². The lowest BCUT2D eigenvalue weighted by Gasteiger charge is -2.29. The Morgan fingerprint density at radius 1 is 1.24 bits per heavy atom. The molecule has 0 aliphatic rings. The molecular formula is C17H25N3O. The molecule has 1 aromatic heterocycles. The first-order valence-electron chi connectivity index (χ1n) is 7.63. The minimum atomic E-state index is -0.000403. The monoisotopic (exact) mass is 287 g/mol. The van der Waals surface area contributed by atoms with Crippen LogP contribution >= 0.6 is 0 Å². The maximum atomic E-state index is 9.59. The van der Waals surface area contributed by atoms with Gasteiger partial charge in [0, 0.05) is 37.5 Å². The summed E-state index contributed by atoms with van der Waals surface area (Å²) >= 11 is 0. The number of hydrogen-bond acceptors (Lipinski definition) is 3. The molecular weight excluding hydrogens is 262 g/mol. The van der Waals surface area contributed by atoms with Crippen molar-refractivity contribution < 1.29 is 5.11 Å². The molecule has 2 N–H and O–H groups in total. The quantitative estimate of drug-likeness (QED) is 0.785. The van der Waals surface area contributed by atoms with Gasteiger partial charge in [0.25, 0.3) is 0 Å². The molecule has 21 heavy (non-hydrogen) atoms. The van der Waals surface area contributed by atoms with Crippen LogP contribution in [0.2, 0.25) is 0 Å². The highest BCUT2D eigenvalue weighted by Crippen LogP contribution is 2.24. The lowest BCUT2D eigenvalue weighted by atomic mass is 9.83. The molecule has 4 nitrogen and oxygen atoms in total. The smallest absolute Gasteiger partial charge is 0.0648 e. The average molecular weight is 287 g/mol. The van der Waals surface area contributed by atoms with Crippen LogP contribution in [0, 0.1) is 5.41 Å². The van der Waals surface area contributed by atoms with E-state index < -0.39 is 0 Å². The Labute approximate surface area is 126 Å². The van der Waals surface area contributed by atoms with E-state index in [0.29, 0.717) is 0 Å². The molecule has 0 radical (unpaired) electrons. The molecule has 2 aromatic rings. The lowest BCUT2D eigenvalue weighted by Crippen LogP contribution is -2.36. The van der Waals surface area contributed by atoms with Crippen LogP contribution in [-0.2, 0) is 6.54 Å². The Kier molecular flexibility index (Phi) is 5.53. The molecule has 0 aliphatic heterocycles. The van der Waals surface area contributed by atoms with Gasteiger partial charge in [-0.3, -0.25) is 0 Å². The first kappa shape index (κ1) is 15.7. The summed E-state index contributed by atoms with van der Waals surface area (Å²) in [5, 5.41) is 17.3. The molecule has 0 saturated carbocycles. The molecule has 0 aliphatic carbocycles. The SMILES string of the molecule is CCC(CC)(CO)CNCc1cccc(-n2cccn2)c1. The van der Waals surface area contributed by atoms with Gasteiger partial charge in [0.2, 0.25) is 0 Å². The fourth-order valence-corrected chi connectivity index (χ4v) is 2.48. The van der Waals surface area contributed by atoms with Crippen molar-refractivity contribution in [1.82, 2.24) is 15.1 Å². The Morgan fingerprint density at radius 3 is 2.67 bits per heavy atom. The summed E-state index contributed by atoms with van der Waals surface area (Å²) in [5.41, 5.74) is 2.29. The minimum absolute atomic E-state index is 0.000403. The largest absolute Gasteiger partial charge is 0.396 e. The van der Waals surface area contributed by atoms with Crippen LogP contribution in [0.1, 0.15) is 32.3 Å². The molecule has 1 heterocycles. The minimum Gasteiger partial charge on any atom is -0.396 e. The molecule has 0 atom stereocenters. The maximum Gasteiger partial charge on any atom is 0.0648 e. The number of rotatable bonds is 8. The predicted molar refractivity (Wildman–Crippen MR) is 85.4 cm³/mol. The van der Waals surface area contributed by atoms with Crippen LogP contribution in [0.25, 0.3) is 5.69 Å². The first-order chi connectivity index (χ1) is 10.2. The number of aromatic nitrogens is 2. The third-order valence-corrected chi connectivity index (χ3v) is 4.34. The van der Waals surface area contributed by atoms with Gasteiger partial charge in [-0.2, -0.15) is 5.10 Å². The molecule has 4 heteroatoms. The third kappa shape index (κ3) is 3.93. The van der Waals surface area contributed by atoms with Crippen molar-refractivity contribution >= 4 is 0 Å². The maximum absolute atomic E-state index is 9.59. The van der Waals surface area contributed by atoms with Crippen molar-refractivity contribution in [2.75, 3.05) is 13.2 Å². The van der Waals surface area contributed by atoms with Gasteiger partial charge in [-0.25, -0.2) is 4.68 Å². The van der Waals surface area contributed by atoms with E-state index in [2.05, 4.69) is 36.4 Å². The van der Waals surface area contributed by atoms with E-state index in [9.17, 15) is 5.11 Å². The molecule has 2 rings (SSSR count). The number of benzene rings is 1. The summed E-state index contributed by atoms with van der Waals surface area (Å²) in [6, 6.07) is 10.3. The zero-order valence-electron chi connectivity index (χ0n) is 12.9. The van der Waals surface area contributed by atoms with E-state index in [1.54, 1.807) is 6.20 Å². The fourth-order valence-electron chi connectivity index (χ4n) is 2.48. The van der Waals surface area contributed by atoms with E-state index in [1.165, 1.54) is 5.56 Å². The molecule has 0 unspecified atom stereocenters. The molecule has 0 fully saturated rings. The Balaban J connectivity index is 1.96. The second-order valence-corrected chi connectivity index (χ2v) is 5.59. The number of nitrogens with one attached hydrogen (secondary N) is 1. The number of nitrogens with zero attached hydrogens (tertiary/aromatic N) is 2. The Bertz CT molecular complexity index is 524. The van der Waals surface area contributed by atoms with Crippen LogP contribution in [-0.4, -0.2) is 28.0 Å². The summed E-state index contributed by atoms with van der Waals surface area (Å²) in [6.45, 7) is 6.15. The van der Waals surface area contributed by atoms with Crippen molar-refractivity contribution in [1.29, 1.82) is 0 Å². The molecule has 114 valence electrons. The van der Waals surface area contributed by atoms with E-state index in [0.717, 1.165) is 31.6 Å². The van der Waals surface area contributed by atoms with Gasteiger partial charge in [-0.15, -0.1) is 0 Å². The van der Waals surface area contributed by atoms with Gasteiger partial charge in [0.05, 0.1) is 5.69 Å². The second kappa shape index (κ2) is 7.38. The van der Waals surface area contributed by atoms with E-state index >= 15 is 0 Å². The summed E-state index contributed by atoms with van der Waals surface area (Å²) in [7, 11) is 0. The summed E-state index contributed by atoms with van der Waals surface area (Å²) in [6.07, 6.45) is 5.70. The van der Waals surface area contributed by atoms with E-state index in [-0.39, 0.29) is 12.0 Å². The van der Waals surface area contributed by atoms with Gasteiger partial charge in [0.1, 0.15) is 0 Å². The summed E-state index contributed by atoms with van der Waals surface area (Å²) in [4.78, 5) is 0. The summed E-state index contributed by atoms with van der Waals surface area (Å²) < 4.78 is 1.86. The first-order valence-corrected chi connectivity index (χ1v) is 7.63. The normalized spacial score (nSPS) is 11.8. The highest BCUT2D eigenvalue weighted by Gasteiger charge is 2.24. The highest BCUT2D eigenvalue weighted by molar-refractivity contribution is 5.34. The van der Waals surface area contributed by atoms with E-state index in [1.807, 2.05) is 29.1 Å². The van der Waals surface area contributed by atoms with Crippen molar-refractivity contribution in [3.05, 3.63) is 48.3 Å². The van der Waals surface area contributed by atoms with Crippen molar-refractivity contribution in [3.63, 3.8) is 0 Å². The van der Waals surface area contributed by atoms with Crippen LogP contribution < -0.4 is 5.32 Å². The zero-order valence-corrected chi connectivity index (χ0v) is 12.9. The number of aliphatic hydroxyl groups excluding tert-OH is 1. The number of aliphatic hydroxyl groups is 1. The van der Waals surface area contributed by atoms with Crippen LogP contribution in [0.15, 0.2) is 42.7 Å². The van der Waals surface area contributed by atoms with E-state index in [4.69, 9.17) is 0 Å².